The van der Waals surface area contributed by atoms with Crippen LogP contribution in [0.5, 0.6) is 0 Å². The van der Waals surface area contributed by atoms with Crippen LogP contribution in [0.3, 0.4) is 0 Å². The van der Waals surface area contributed by atoms with Crippen molar-refractivity contribution in [1.82, 2.24) is 19.5 Å². The molecule has 316 valence electrons. The smallest absolute Gasteiger partial charge is 0.160 e. The number of allylic oxidation sites excluding steroid dienone is 2. The van der Waals surface area contributed by atoms with Crippen LogP contribution >= 0.6 is 0 Å². The lowest BCUT2D eigenvalue weighted by molar-refractivity contribution is 0.641. The molecule has 8 aromatic carbocycles. The van der Waals surface area contributed by atoms with Gasteiger partial charge in [0.15, 0.2) is 5.82 Å². The van der Waals surface area contributed by atoms with E-state index in [4.69, 9.17) is 15.0 Å². The number of benzene rings is 8. The lowest BCUT2D eigenvalue weighted by Gasteiger charge is -2.26. The van der Waals surface area contributed by atoms with Crippen molar-refractivity contribution >= 4 is 33.2 Å². The molecule has 2 aliphatic rings. The van der Waals surface area contributed by atoms with E-state index < -0.39 is 0 Å². The largest absolute Gasteiger partial charge is 0.299 e. The lowest BCUT2D eigenvalue weighted by atomic mass is 9.77. The Balaban J connectivity index is 0.905. The molecule has 0 spiro atoms. The highest BCUT2D eigenvalue weighted by Gasteiger charge is 2.25. The van der Waals surface area contributed by atoms with E-state index >= 15 is 0 Å². The van der Waals surface area contributed by atoms with Crippen LogP contribution in [0.1, 0.15) is 65.8 Å². The molecule has 0 bridgehead atoms. The van der Waals surface area contributed by atoms with Crippen molar-refractivity contribution in [3.8, 4) is 51.0 Å². The predicted octanol–water partition coefficient (Wildman–Crippen LogP) is 15.3. The van der Waals surface area contributed by atoms with Crippen molar-refractivity contribution in [1.29, 1.82) is 0 Å². The molecular formula is C62H48N4. The van der Waals surface area contributed by atoms with E-state index in [0.717, 1.165) is 76.8 Å². The second-order valence-electron chi connectivity index (χ2n) is 18.2. The predicted molar refractivity (Wildman–Crippen MR) is 274 cm³/mol. The van der Waals surface area contributed by atoms with E-state index in [-0.39, 0.29) is 5.41 Å². The average Bonchev–Trinajstić information content (AvgIpc) is 3.83. The molecule has 2 heterocycles. The van der Waals surface area contributed by atoms with Crippen LogP contribution in [0.2, 0.25) is 0 Å². The molecule has 0 fully saturated rings. The van der Waals surface area contributed by atoms with Crippen molar-refractivity contribution in [2.75, 3.05) is 0 Å². The number of rotatable bonds is 8. The maximum absolute atomic E-state index is 5.43. The fourth-order valence-corrected chi connectivity index (χ4v) is 10.3. The number of fused-ring (bicyclic) bond motifs is 4. The zero-order chi connectivity index (χ0) is 44.2. The van der Waals surface area contributed by atoms with Crippen molar-refractivity contribution in [2.45, 2.75) is 44.9 Å². The van der Waals surface area contributed by atoms with Crippen molar-refractivity contribution < 1.29 is 0 Å². The molecule has 66 heavy (non-hydrogen) atoms. The summed E-state index contributed by atoms with van der Waals surface area (Å²) in [5, 5.41) is 4.78. The molecule has 12 rings (SSSR count). The van der Waals surface area contributed by atoms with Crippen molar-refractivity contribution in [3.05, 3.63) is 239 Å². The normalized spacial score (nSPS) is 13.4. The third kappa shape index (κ3) is 6.98. The van der Waals surface area contributed by atoms with Gasteiger partial charge in [-0.2, -0.15) is 0 Å². The first-order chi connectivity index (χ1) is 32.5. The lowest BCUT2D eigenvalue weighted by Crippen LogP contribution is -2.18. The zero-order valence-electron chi connectivity index (χ0n) is 37.2. The summed E-state index contributed by atoms with van der Waals surface area (Å²) in [6.07, 6.45) is 13.3. The van der Waals surface area contributed by atoms with E-state index in [0.29, 0.717) is 0 Å². The Morgan fingerprint density at radius 1 is 0.485 bits per heavy atom. The monoisotopic (exact) mass is 848 g/mol. The first-order valence-corrected chi connectivity index (χ1v) is 23.2. The highest BCUT2D eigenvalue weighted by molar-refractivity contribution is 5.97. The van der Waals surface area contributed by atoms with Crippen LogP contribution < -0.4 is 0 Å². The van der Waals surface area contributed by atoms with Crippen LogP contribution in [-0.4, -0.2) is 19.5 Å². The topological polar surface area (TPSA) is 43.6 Å². The molecule has 0 N–H and O–H groups in total. The van der Waals surface area contributed by atoms with Crippen LogP contribution in [-0.2, 0) is 18.3 Å². The summed E-state index contributed by atoms with van der Waals surface area (Å²) >= 11 is 0. The fourth-order valence-electron chi connectivity index (χ4n) is 10.3. The van der Waals surface area contributed by atoms with Crippen LogP contribution in [0.25, 0.3) is 84.2 Å². The molecule has 0 unspecified atom stereocenters. The quantitative estimate of drug-likeness (QED) is 0.153. The average molecular weight is 849 g/mol. The van der Waals surface area contributed by atoms with Gasteiger partial charge in [-0.1, -0.05) is 202 Å². The standard InChI is InChI=1S/C62H48N4/c1-62(2,48-37-33-46(34-38-48)61-65-58(55-29-13-21-43-17-5-9-25-51(43)55)40-66(61)59-30-14-22-44-18-6-10-26-52(44)59)47-35-31-45(32-36-47)60-63-56(53-27-11-19-41-15-3-7-23-49(41)53)39-57(64-60)54-28-12-20-42-16-4-8-24-50(42)54/h3-4,6-11,13-16,18-19,21-40H,5,12,17,20H2,1-2H3. The van der Waals surface area contributed by atoms with Crippen molar-refractivity contribution in [3.63, 3.8) is 0 Å². The van der Waals surface area contributed by atoms with Gasteiger partial charge in [0, 0.05) is 44.8 Å². The molecule has 0 atom stereocenters. The summed E-state index contributed by atoms with van der Waals surface area (Å²) in [4.78, 5) is 16.1. The third-order valence-corrected chi connectivity index (χ3v) is 13.9. The first kappa shape index (κ1) is 39.6. The van der Waals surface area contributed by atoms with Gasteiger partial charge in [-0.25, -0.2) is 15.0 Å². The molecule has 2 aromatic heterocycles. The van der Waals surface area contributed by atoms with Gasteiger partial charge < -0.3 is 0 Å². The van der Waals surface area contributed by atoms with Crippen LogP contribution in [0.15, 0.2) is 200 Å². The molecule has 0 aliphatic heterocycles. The minimum Gasteiger partial charge on any atom is -0.299 e. The SMILES string of the molecule is CC(C)(c1ccc(-c2nc(C3=CCCc4ccccc43)cc(-c3cccc4ccccc34)n2)cc1)c1ccc(-c2nc(-c3cccc4c3C=CCC4)cn2-c2cccc3ccccc23)cc1. The van der Waals surface area contributed by atoms with Gasteiger partial charge in [-0.15, -0.1) is 0 Å². The number of aryl methyl sites for hydroxylation is 2. The molecule has 0 amide bonds. The van der Waals surface area contributed by atoms with Gasteiger partial charge in [0.2, 0.25) is 0 Å². The third-order valence-electron chi connectivity index (χ3n) is 13.9. The molecule has 4 heteroatoms. The van der Waals surface area contributed by atoms with E-state index in [9.17, 15) is 0 Å². The van der Waals surface area contributed by atoms with Gasteiger partial charge in [-0.05, 0) is 87.4 Å². The van der Waals surface area contributed by atoms with E-state index in [1.54, 1.807) is 0 Å². The minimum atomic E-state index is -0.282. The summed E-state index contributed by atoms with van der Waals surface area (Å²) in [6, 6.07) is 65.7. The van der Waals surface area contributed by atoms with Gasteiger partial charge in [0.05, 0.1) is 22.8 Å². The summed E-state index contributed by atoms with van der Waals surface area (Å²) in [5.41, 5.74) is 16.9. The number of imidazole rings is 1. The van der Waals surface area contributed by atoms with E-state index in [1.807, 2.05) is 0 Å². The second kappa shape index (κ2) is 16.2. The van der Waals surface area contributed by atoms with Gasteiger partial charge >= 0.3 is 0 Å². The summed E-state index contributed by atoms with van der Waals surface area (Å²) in [7, 11) is 0. The van der Waals surface area contributed by atoms with Crippen molar-refractivity contribution in [2.24, 2.45) is 0 Å². The zero-order valence-corrected chi connectivity index (χ0v) is 37.2. The Morgan fingerprint density at radius 2 is 1.09 bits per heavy atom. The number of hydrogen-bond donors (Lipinski definition) is 0. The fraction of sp³-hybridized carbons (Fsp3) is 0.113. The maximum atomic E-state index is 5.43. The Morgan fingerprint density at radius 3 is 1.91 bits per heavy atom. The first-order valence-electron chi connectivity index (χ1n) is 23.2. The summed E-state index contributed by atoms with van der Waals surface area (Å²) in [6.45, 7) is 4.61. The Kier molecular flexibility index (Phi) is 9.75. The van der Waals surface area contributed by atoms with E-state index in [2.05, 4.69) is 225 Å². The van der Waals surface area contributed by atoms with Gasteiger partial charge in [-0.3, -0.25) is 4.57 Å². The van der Waals surface area contributed by atoms with E-state index in [1.165, 1.54) is 66.1 Å². The summed E-state index contributed by atoms with van der Waals surface area (Å²) in [5.74, 6) is 1.64. The Labute approximate surface area is 386 Å². The minimum absolute atomic E-state index is 0.282. The highest BCUT2D eigenvalue weighted by atomic mass is 15.1. The highest BCUT2D eigenvalue weighted by Crippen LogP contribution is 2.39. The molecule has 10 aromatic rings. The number of nitrogens with zero attached hydrogens (tertiary/aromatic N) is 4. The number of aromatic nitrogens is 4. The Bertz CT molecular complexity index is 3540. The second-order valence-corrected chi connectivity index (χ2v) is 18.2. The maximum Gasteiger partial charge on any atom is 0.160 e. The van der Waals surface area contributed by atoms with Gasteiger partial charge in [0.1, 0.15) is 5.82 Å². The number of hydrogen-bond acceptors (Lipinski definition) is 3. The molecule has 2 aliphatic carbocycles. The molecule has 0 radical (unpaired) electrons. The van der Waals surface area contributed by atoms with Crippen LogP contribution in [0.4, 0.5) is 0 Å². The molecule has 4 nitrogen and oxygen atoms in total. The van der Waals surface area contributed by atoms with Crippen LogP contribution in [0, 0.1) is 0 Å². The summed E-state index contributed by atoms with van der Waals surface area (Å²) < 4.78 is 2.29. The molecule has 0 saturated heterocycles. The molecule has 0 saturated carbocycles. The Hall–Kier alpha value is -7.95. The molecular weight excluding hydrogens is 801 g/mol. The van der Waals surface area contributed by atoms with Gasteiger partial charge in [0.25, 0.3) is 0 Å².